The van der Waals surface area contributed by atoms with Crippen molar-refractivity contribution in [2.75, 3.05) is 0 Å². The summed E-state index contributed by atoms with van der Waals surface area (Å²) in [6.45, 7) is 0. The molecule has 0 saturated carbocycles. The first-order valence-corrected chi connectivity index (χ1v) is 16.3. The summed E-state index contributed by atoms with van der Waals surface area (Å²) in [6.07, 6.45) is 0. The highest BCUT2D eigenvalue weighted by Gasteiger charge is 2.25. The first-order chi connectivity index (χ1) is 23.8. The van der Waals surface area contributed by atoms with E-state index in [-0.39, 0.29) is 0 Å². The van der Waals surface area contributed by atoms with E-state index in [9.17, 15) is 0 Å². The van der Waals surface area contributed by atoms with Gasteiger partial charge in [0.05, 0.1) is 33.1 Å². The summed E-state index contributed by atoms with van der Waals surface area (Å²) in [5.41, 5.74) is 2.78. The number of para-hydroxylation sites is 3. The molecule has 10 aromatic rings. The highest BCUT2D eigenvalue weighted by atomic mass is 14.7. The van der Waals surface area contributed by atoms with Crippen LogP contribution >= 0.6 is 0 Å². The summed E-state index contributed by atoms with van der Waals surface area (Å²) in [4.78, 5) is 16.3. The Hall–Kier alpha value is -6.45. The van der Waals surface area contributed by atoms with Crippen LogP contribution in [0.3, 0.4) is 0 Å². The van der Waals surface area contributed by atoms with Crippen LogP contribution in [0.4, 0.5) is 17.1 Å². The Balaban J connectivity index is 1.60. The van der Waals surface area contributed by atoms with Crippen molar-refractivity contribution in [3.05, 3.63) is 180 Å². The Morgan fingerprint density at radius 1 is 0.208 bits per heavy atom. The van der Waals surface area contributed by atoms with Crippen molar-refractivity contribution in [3.8, 4) is 0 Å². The van der Waals surface area contributed by atoms with Gasteiger partial charge in [-0.05, 0) is 52.6 Å². The third-order valence-corrected chi connectivity index (χ3v) is 9.56. The molecule has 222 valence electrons. The highest BCUT2D eigenvalue weighted by molar-refractivity contribution is 6.42. The maximum absolute atomic E-state index is 5.42. The molecule has 0 unspecified atom stereocenters. The fraction of sp³-hybridized carbons (Fsp3) is 0. The van der Waals surface area contributed by atoms with E-state index in [1.165, 1.54) is 32.3 Å². The lowest BCUT2D eigenvalue weighted by Crippen LogP contribution is -2.03. The second-order valence-electron chi connectivity index (χ2n) is 12.3. The minimum Gasteiger partial charge on any atom is -0.248 e. The van der Waals surface area contributed by atoms with E-state index in [2.05, 4.69) is 146 Å². The van der Waals surface area contributed by atoms with Gasteiger partial charge in [0.2, 0.25) is 0 Å². The fourth-order valence-corrected chi connectivity index (χ4v) is 7.64. The third-order valence-electron chi connectivity index (χ3n) is 9.56. The van der Waals surface area contributed by atoms with Crippen molar-refractivity contribution in [2.24, 2.45) is 15.0 Å². The maximum Gasteiger partial charge on any atom is 0.0800 e. The largest absolute Gasteiger partial charge is 0.248 e. The number of rotatable bonds is 3. The summed E-state index contributed by atoms with van der Waals surface area (Å²) in [5, 5.41) is 16.9. The van der Waals surface area contributed by atoms with Crippen molar-refractivity contribution in [2.45, 2.75) is 0 Å². The number of hydrogen-bond donors (Lipinski definition) is 0. The molecule has 10 rings (SSSR count). The lowest BCUT2D eigenvalue weighted by atomic mass is 9.99. The average Bonchev–Trinajstić information content (AvgIpc) is 3.76. The van der Waals surface area contributed by atoms with E-state index >= 15 is 0 Å². The van der Waals surface area contributed by atoms with Crippen LogP contribution in [0.1, 0.15) is 0 Å². The molecule has 3 nitrogen and oxygen atoms in total. The number of benzene rings is 7. The fourth-order valence-electron chi connectivity index (χ4n) is 7.64. The predicted molar refractivity (Wildman–Crippen MR) is 200 cm³/mol. The van der Waals surface area contributed by atoms with Crippen molar-refractivity contribution in [1.82, 2.24) is 0 Å². The van der Waals surface area contributed by atoms with Crippen LogP contribution in [0.5, 0.6) is 0 Å². The predicted octanol–water partition coefficient (Wildman–Crippen LogP) is 10.6. The van der Waals surface area contributed by atoms with Gasteiger partial charge in [0.25, 0.3) is 0 Å². The topological polar surface area (TPSA) is 37.1 Å². The second-order valence-corrected chi connectivity index (χ2v) is 12.3. The van der Waals surface area contributed by atoms with Crippen LogP contribution in [0.25, 0.3) is 64.6 Å². The average molecular weight is 610 g/mol. The molecule has 0 bridgehead atoms. The van der Waals surface area contributed by atoms with Gasteiger partial charge >= 0.3 is 0 Å². The smallest absolute Gasteiger partial charge is 0.0800 e. The van der Waals surface area contributed by atoms with E-state index in [1.807, 2.05) is 18.2 Å². The quantitative estimate of drug-likeness (QED) is 0.191. The van der Waals surface area contributed by atoms with Crippen molar-refractivity contribution < 1.29 is 0 Å². The Morgan fingerprint density at radius 2 is 0.438 bits per heavy atom. The van der Waals surface area contributed by atoms with Gasteiger partial charge in [-0.2, -0.15) is 0 Å². The van der Waals surface area contributed by atoms with Crippen LogP contribution in [0, 0.1) is 0 Å². The third kappa shape index (κ3) is 3.91. The summed E-state index contributed by atoms with van der Waals surface area (Å²) in [7, 11) is 0. The lowest BCUT2D eigenvalue weighted by Gasteiger charge is -2.04. The van der Waals surface area contributed by atoms with Crippen LogP contribution in [0.2, 0.25) is 0 Å². The number of nitrogens with zero attached hydrogens (tertiary/aromatic N) is 3. The molecule has 0 aliphatic rings. The monoisotopic (exact) mass is 609 g/mol. The summed E-state index contributed by atoms with van der Waals surface area (Å²) in [5.74, 6) is 0. The summed E-state index contributed by atoms with van der Waals surface area (Å²) < 4.78 is 0. The molecule has 48 heavy (non-hydrogen) atoms. The minimum absolute atomic E-state index is 0.926. The molecule has 0 aliphatic heterocycles. The molecular formula is C45H27N3. The zero-order valence-electron chi connectivity index (χ0n) is 25.9. The Bertz CT molecular complexity index is 2660. The molecule has 0 radical (unpaired) electrons. The Labute approximate surface area is 275 Å². The van der Waals surface area contributed by atoms with Crippen LogP contribution < -0.4 is 16.1 Å². The van der Waals surface area contributed by atoms with Gasteiger partial charge in [-0.25, -0.2) is 15.0 Å². The van der Waals surface area contributed by atoms with Gasteiger partial charge in [-0.1, -0.05) is 127 Å². The van der Waals surface area contributed by atoms with Gasteiger partial charge < -0.3 is 0 Å². The van der Waals surface area contributed by atoms with Crippen LogP contribution in [-0.2, 0) is 0 Å². The molecule has 0 saturated heterocycles. The zero-order chi connectivity index (χ0) is 31.6. The molecule has 0 atom stereocenters. The molecule has 10 aromatic carbocycles. The standard InChI is InChI=1S/C45H27N3/c1-4-16-28(17-5-1)46-43-34-25-13-10-22-31(34)37-40(43)38-32-23-11-14-26-35(32)44(47-29-18-6-2-7-19-29)42(38)39-33-24-12-15-27-36(33)45(41(37)39)48-30-20-8-3-9-21-30/h1-27H/b46-43+,47-44+,48-45+. The summed E-state index contributed by atoms with van der Waals surface area (Å²) in [6, 6.07) is 57.1. The first kappa shape index (κ1) is 26.7. The van der Waals surface area contributed by atoms with Crippen molar-refractivity contribution in [1.29, 1.82) is 0 Å². The van der Waals surface area contributed by atoms with Gasteiger partial charge in [0, 0.05) is 48.5 Å². The number of fused-ring (bicyclic) bond motifs is 12. The maximum atomic E-state index is 5.42. The second kappa shape index (κ2) is 10.5. The minimum atomic E-state index is 0.926. The van der Waals surface area contributed by atoms with Crippen molar-refractivity contribution >= 4 is 81.7 Å². The number of hydrogen-bond acceptors (Lipinski definition) is 3. The Kier molecular flexibility index (Phi) is 5.87. The zero-order valence-corrected chi connectivity index (χ0v) is 25.9. The molecule has 3 heteroatoms. The van der Waals surface area contributed by atoms with E-state index in [0.717, 1.165) is 65.5 Å². The van der Waals surface area contributed by atoms with Gasteiger partial charge in [-0.15, -0.1) is 0 Å². The molecule has 0 spiro atoms. The van der Waals surface area contributed by atoms with Crippen LogP contribution in [0.15, 0.2) is 179 Å². The first-order valence-electron chi connectivity index (χ1n) is 16.3. The van der Waals surface area contributed by atoms with Crippen molar-refractivity contribution in [3.63, 3.8) is 0 Å². The molecule has 0 fully saturated rings. The lowest BCUT2D eigenvalue weighted by molar-refractivity contribution is 1.41. The summed E-state index contributed by atoms with van der Waals surface area (Å²) >= 11 is 0. The highest BCUT2D eigenvalue weighted by Crippen LogP contribution is 2.43. The molecule has 0 amide bonds. The normalized spacial score (nSPS) is 13.4. The van der Waals surface area contributed by atoms with Gasteiger partial charge in [0.15, 0.2) is 0 Å². The molecule has 0 heterocycles. The van der Waals surface area contributed by atoms with E-state index < -0.39 is 0 Å². The van der Waals surface area contributed by atoms with Gasteiger partial charge in [-0.3, -0.25) is 0 Å². The van der Waals surface area contributed by atoms with Gasteiger partial charge in [0.1, 0.15) is 0 Å². The van der Waals surface area contributed by atoms with E-state index in [0.29, 0.717) is 0 Å². The molecule has 0 N–H and O–H groups in total. The molecular weight excluding hydrogens is 583 g/mol. The SMILES string of the molecule is c1ccc(/N=c2\c3ccccc3c3c2c2c4ccccc4/c(=N\c4ccccc4)c2c2c4ccccc4/c(=N\c4ccccc4)c32)cc1. The van der Waals surface area contributed by atoms with Crippen LogP contribution in [-0.4, -0.2) is 0 Å². The van der Waals surface area contributed by atoms with E-state index in [1.54, 1.807) is 0 Å². The molecule has 0 aromatic heterocycles. The van der Waals surface area contributed by atoms with E-state index in [4.69, 9.17) is 15.0 Å². The Morgan fingerprint density at radius 3 is 0.708 bits per heavy atom. The molecule has 0 aliphatic carbocycles.